The molecule has 1 aliphatic rings. The van der Waals surface area contributed by atoms with Crippen molar-refractivity contribution in [2.45, 2.75) is 39.8 Å². The van der Waals surface area contributed by atoms with Crippen molar-refractivity contribution in [3.63, 3.8) is 0 Å². The van der Waals surface area contributed by atoms with Crippen LogP contribution in [0.4, 0.5) is 5.69 Å². The van der Waals surface area contributed by atoms with Gasteiger partial charge in [-0.15, -0.1) is 24.0 Å². The van der Waals surface area contributed by atoms with Gasteiger partial charge in [0.25, 0.3) is 0 Å². The molecule has 1 heterocycles. The van der Waals surface area contributed by atoms with Crippen LogP contribution in [0.1, 0.15) is 36.5 Å². The minimum absolute atomic E-state index is 0. The number of aryl methyl sites for hydroxylation is 1. The van der Waals surface area contributed by atoms with Gasteiger partial charge in [-0.25, -0.2) is 4.99 Å². The zero-order chi connectivity index (χ0) is 18.4. The molecule has 4 nitrogen and oxygen atoms in total. The molecule has 1 aliphatic heterocycles. The minimum atomic E-state index is 0. The van der Waals surface area contributed by atoms with Gasteiger partial charge in [-0.1, -0.05) is 48.9 Å². The standard InChI is InChI=1S/C22H30N4.HI/c1-17-3-9-21(10-4-17)25-22(23)24-15-19-5-7-20(8-6-19)16-26-13-11-18(2)12-14-26;/h3-10,18H,11-16H2,1-2H3,(H3,23,24,25);1H. The lowest BCUT2D eigenvalue weighted by molar-refractivity contribution is 0.185. The molecular formula is C22H31IN4. The first-order chi connectivity index (χ1) is 12.6. The number of likely N-dealkylation sites (tertiary alicyclic amines) is 1. The number of halogens is 1. The van der Waals surface area contributed by atoms with Crippen LogP contribution in [-0.2, 0) is 13.1 Å². The Morgan fingerprint density at radius 1 is 1.04 bits per heavy atom. The number of hydrogen-bond donors (Lipinski definition) is 2. The molecule has 0 radical (unpaired) electrons. The Hall–Kier alpha value is -1.60. The van der Waals surface area contributed by atoms with Gasteiger partial charge >= 0.3 is 0 Å². The maximum absolute atomic E-state index is 5.99. The van der Waals surface area contributed by atoms with Crippen LogP contribution in [-0.4, -0.2) is 23.9 Å². The van der Waals surface area contributed by atoms with Crippen LogP contribution in [0.2, 0.25) is 0 Å². The third kappa shape index (κ3) is 7.14. The number of anilines is 1. The van der Waals surface area contributed by atoms with Gasteiger partial charge in [0.1, 0.15) is 0 Å². The number of aliphatic imine (C=N–C) groups is 1. The Kier molecular flexibility index (Phi) is 8.57. The predicted molar refractivity (Wildman–Crippen MR) is 126 cm³/mol. The summed E-state index contributed by atoms with van der Waals surface area (Å²) in [5, 5.41) is 3.13. The number of hydrogen-bond acceptors (Lipinski definition) is 2. The summed E-state index contributed by atoms with van der Waals surface area (Å²) in [6.45, 7) is 8.49. The largest absolute Gasteiger partial charge is 0.370 e. The van der Waals surface area contributed by atoms with Gasteiger partial charge in [0.05, 0.1) is 6.54 Å². The summed E-state index contributed by atoms with van der Waals surface area (Å²) in [4.78, 5) is 6.99. The fourth-order valence-corrected chi connectivity index (χ4v) is 3.23. The Bertz CT molecular complexity index is 717. The highest BCUT2D eigenvalue weighted by Gasteiger charge is 2.15. The number of nitrogens with zero attached hydrogens (tertiary/aromatic N) is 2. The molecule has 146 valence electrons. The summed E-state index contributed by atoms with van der Waals surface area (Å²) < 4.78 is 0. The van der Waals surface area contributed by atoms with E-state index < -0.39 is 0 Å². The lowest BCUT2D eigenvalue weighted by atomic mass is 9.99. The lowest BCUT2D eigenvalue weighted by Gasteiger charge is -2.30. The van der Waals surface area contributed by atoms with Crippen LogP contribution in [0.15, 0.2) is 53.5 Å². The molecule has 0 bridgehead atoms. The average molecular weight is 478 g/mol. The molecule has 0 saturated carbocycles. The average Bonchev–Trinajstić information content (AvgIpc) is 2.65. The minimum Gasteiger partial charge on any atom is -0.370 e. The first kappa shape index (κ1) is 21.7. The Morgan fingerprint density at radius 2 is 1.63 bits per heavy atom. The molecule has 2 aromatic carbocycles. The molecule has 0 unspecified atom stereocenters. The van der Waals surface area contributed by atoms with Crippen molar-refractivity contribution < 1.29 is 0 Å². The molecule has 0 aliphatic carbocycles. The van der Waals surface area contributed by atoms with Crippen molar-refractivity contribution in [1.29, 1.82) is 0 Å². The van der Waals surface area contributed by atoms with E-state index in [9.17, 15) is 0 Å². The molecular weight excluding hydrogens is 447 g/mol. The molecule has 1 fully saturated rings. The summed E-state index contributed by atoms with van der Waals surface area (Å²) in [6, 6.07) is 16.9. The molecule has 0 atom stereocenters. The van der Waals surface area contributed by atoms with Gasteiger partial charge in [0, 0.05) is 12.2 Å². The number of benzene rings is 2. The molecule has 0 amide bonds. The predicted octanol–water partition coefficient (Wildman–Crippen LogP) is 4.77. The Balaban J connectivity index is 0.00000261. The number of nitrogens with one attached hydrogen (secondary N) is 1. The number of guanidine groups is 1. The second kappa shape index (κ2) is 10.7. The van der Waals surface area contributed by atoms with Crippen LogP contribution in [0.5, 0.6) is 0 Å². The van der Waals surface area contributed by atoms with Gasteiger partial charge in [0.2, 0.25) is 0 Å². The van der Waals surface area contributed by atoms with Crippen LogP contribution >= 0.6 is 24.0 Å². The second-order valence-electron chi connectivity index (χ2n) is 7.47. The van der Waals surface area contributed by atoms with Gasteiger partial charge < -0.3 is 11.1 Å². The maximum Gasteiger partial charge on any atom is 0.193 e. The molecule has 27 heavy (non-hydrogen) atoms. The van der Waals surface area contributed by atoms with E-state index in [1.54, 1.807) is 0 Å². The maximum atomic E-state index is 5.99. The third-order valence-electron chi connectivity index (χ3n) is 5.06. The zero-order valence-corrected chi connectivity index (χ0v) is 18.6. The van der Waals surface area contributed by atoms with E-state index >= 15 is 0 Å². The summed E-state index contributed by atoms with van der Waals surface area (Å²) in [7, 11) is 0. The zero-order valence-electron chi connectivity index (χ0n) is 16.3. The molecule has 3 N–H and O–H groups in total. The molecule has 1 saturated heterocycles. The van der Waals surface area contributed by atoms with Crippen molar-refractivity contribution in [3.8, 4) is 0 Å². The van der Waals surface area contributed by atoms with E-state index in [1.807, 2.05) is 12.1 Å². The Morgan fingerprint density at radius 3 is 2.26 bits per heavy atom. The van der Waals surface area contributed by atoms with Gasteiger partial charge in [-0.3, -0.25) is 4.90 Å². The van der Waals surface area contributed by atoms with Gasteiger partial charge in [0.15, 0.2) is 5.96 Å². The highest BCUT2D eigenvalue weighted by molar-refractivity contribution is 14.0. The first-order valence-electron chi connectivity index (χ1n) is 9.52. The van der Waals surface area contributed by atoms with Crippen molar-refractivity contribution in [2.24, 2.45) is 16.6 Å². The first-order valence-corrected chi connectivity index (χ1v) is 9.52. The molecule has 0 spiro atoms. The smallest absolute Gasteiger partial charge is 0.193 e. The summed E-state index contributed by atoms with van der Waals surface area (Å²) in [6.07, 6.45) is 2.64. The van der Waals surface area contributed by atoms with Crippen LogP contribution in [0.25, 0.3) is 0 Å². The van der Waals surface area contributed by atoms with E-state index in [4.69, 9.17) is 5.73 Å². The summed E-state index contributed by atoms with van der Waals surface area (Å²) >= 11 is 0. The molecule has 2 aromatic rings. The van der Waals surface area contributed by atoms with Crippen molar-refractivity contribution in [1.82, 2.24) is 4.90 Å². The van der Waals surface area contributed by atoms with E-state index in [1.165, 1.54) is 42.6 Å². The number of piperidine rings is 1. The van der Waals surface area contributed by atoms with Crippen molar-refractivity contribution in [2.75, 3.05) is 18.4 Å². The van der Waals surface area contributed by atoms with E-state index in [-0.39, 0.29) is 24.0 Å². The van der Waals surface area contributed by atoms with Crippen molar-refractivity contribution in [3.05, 3.63) is 65.2 Å². The van der Waals surface area contributed by atoms with Crippen LogP contribution < -0.4 is 11.1 Å². The quantitative estimate of drug-likeness (QED) is 0.370. The van der Waals surface area contributed by atoms with Gasteiger partial charge in [-0.2, -0.15) is 0 Å². The fourth-order valence-electron chi connectivity index (χ4n) is 3.23. The highest BCUT2D eigenvalue weighted by atomic mass is 127. The Labute approximate surface area is 180 Å². The summed E-state index contributed by atoms with van der Waals surface area (Å²) in [5.74, 6) is 1.32. The summed E-state index contributed by atoms with van der Waals surface area (Å²) in [5.41, 5.74) is 10.7. The lowest BCUT2D eigenvalue weighted by Crippen LogP contribution is -2.32. The SMILES string of the molecule is Cc1ccc(NC(N)=NCc2ccc(CN3CCC(C)CC3)cc2)cc1.I. The van der Waals surface area contributed by atoms with E-state index in [0.29, 0.717) is 12.5 Å². The number of rotatable bonds is 5. The topological polar surface area (TPSA) is 53.6 Å². The van der Waals surface area contributed by atoms with Crippen LogP contribution in [0.3, 0.4) is 0 Å². The second-order valence-corrected chi connectivity index (χ2v) is 7.47. The normalized spacial score (nSPS) is 16.0. The fraction of sp³-hybridized carbons (Fsp3) is 0.409. The van der Waals surface area contributed by atoms with Gasteiger partial charge in [-0.05, 0) is 62.0 Å². The van der Waals surface area contributed by atoms with Crippen LogP contribution in [0, 0.1) is 12.8 Å². The third-order valence-corrected chi connectivity index (χ3v) is 5.06. The van der Waals surface area contributed by atoms with E-state index in [2.05, 4.69) is 65.5 Å². The van der Waals surface area contributed by atoms with Crippen molar-refractivity contribution >= 4 is 35.6 Å². The molecule has 3 rings (SSSR count). The number of nitrogens with two attached hydrogens (primary N) is 1. The van der Waals surface area contributed by atoms with E-state index in [0.717, 1.165) is 18.2 Å². The molecule has 5 heteroatoms. The molecule has 0 aromatic heterocycles. The highest BCUT2D eigenvalue weighted by Crippen LogP contribution is 2.18. The monoisotopic (exact) mass is 478 g/mol.